The molecule has 0 unspecified atom stereocenters. The fraction of sp³-hybridized carbons (Fsp3) is 0.125. The van der Waals surface area contributed by atoms with Crippen LogP contribution < -0.4 is 5.32 Å². The molecular weight excluding hydrogens is 288 g/mol. The van der Waals surface area contributed by atoms with Crippen molar-refractivity contribution in [1.82, 2.24) is 4.98 Å². The maximum atomic E-state index is 11.3. The lowest BCUT2D eigenvalue weighted by atomic mass is 10.1. The maximum Gasteiger partial charge on any atom is 0.239 e. The summed E-state index contributed by atoms with van der Waals surface area (Å²) in [7, 11) is 0. The molecule has 2 aromatic carbocycles. The van der Waals surface area contributed by atoms with Gasteiger partial charge in [0.25, 0.3) is 0 Å². The fourth-order valence-electron chi connectivity index (χ4n) is 2.13. The molecule has 106 valence electrons. The number of amides is 1. The number of oxazole rings is 1. The largest absolute Gasteiger partial charge is 0.436 e. The van der Waals surface area contributed by atoms with Gasteiger partial charge in [-0.1, -0.05) is 18.2 Å². The number of benzene rings is 2. The SMILES string of the molecule is Cc1ccccc1-c1nc2cc(NC(=O)CCl)ccc2o1. The molecule has 4 nitrogen and oxygen atoms in total. The molecule has 0 spiro atoms. The summed E-state index contributed by atoms with van der Waals surface area (Å²) >= 11 is 5.48. The van der Waals surface area contributed by atoms with Crippen LogP contribution in [0, 0.1) is 6.92 Å². The van der Waals surface area contributed by atoms with E-state index in [4.69, 9.17) is 16.0 Å². The van der Waals surface area contributed by atoms with Crippen LogP contribution in [0.4, 0.5) is 5.69 Å². The van der Waals surface area contributed by atoms with Crippen molar-refractivity contribution < 1.29 is 9.21 Å². The van der Waals surface area contributed by atoms with Crippen molar-refractivity contribution in [2.75, 3.05) is 11.2 Å². The van der Waals surface area contributed by atoms with E-state index in [-0.39, 0.29) is 11.8 Å². The Morgan fingerprint density at radius 2 is 2.10 bits per heavy atom. The number of hydrogen-bond donors (Lipinski definition) is 1. The third-order valence-electron chi connectivity index (χ3n) is 3.17. The number of carbonyl (C=O) groups is 1. The van der Waals surface area contributed by atoms with Crippen LogP contribution in [0.1, 0.15) is 5.56 Å². The Morgan fingerprint density at radius 3 is 2.86 bits per heavy atom. The van der Waals surface area contributed by atoms with Gasteiger partial charge < -0.3 is 9.73 Å². The number of carbonyl (C=O) groups excluding carboxylic acids is 1. The third kappa shape index (κ3) is 2.76. The highest BCUT2D eigenvalue weighted by Crippen LogP contribution is 2.28. The molecule has 21 heavy (non-hydrogen) atoms. The molecular formula is C16H13ClN2O2. The fourth-order valence-corrected chi connectivity index (χ4v) is 2.19. The Hall–Kier alpha value is -2.33. The van der Waals surface area contributed by atoms with Crippen molar-refractivity contribution in [3.63, 3.8) is 0 Å². The second-order valence-electron chi connectivity index (χ2n) is 4.70. The zero-order valence-corrected chi connectivity index (χ0v) is 12.1. The lowest BCUT2D eigenvalue weighted by molar-refractivity contribution is -0.113. The lowest BCUT2D eigenvalue weighted by Gasteiger charge is -2.01. The van der Waals surface area contributed by atoms with E-state index in [1.54, 1.807) is 18.2 Å². The number of alkyl halides is 1. The first-order valence-electron chi connectivity index (χ1n) is 6.50. The van der Waals surface area contributed by atoms with E-state index in [1.807, 2.05) is 31.2 Å². The highest BCUT2D eigenvalue weighted by molar-refractivity contribution is 6.29. The van der Waals surface area contributed by atoms with Gasteiger partial charge in [-0.25, -0.2) is 4.98 Å². The number of nitrogens with zero attached hydrogens (tertiary/aromatic N) is 1. The zero-order valence-electron chi connectivity index (χ0n) is 11.4. The quantitative estimate of drug-likeness (QED) is 0.744. The van der Waals surface area contributed by atoms with Gasteiger partial charge in [-0.2, -0.15) is 0 Å². The number of fused-ring (bicyclic) bond motifs is 1. The first-order chi connectivity index (χ1) is 10.2. The van der Waals surface area contributed by atoms with Crippen molar-refractivity contribution >= 4 is 34.3 Å². The summed E-state index contributed by atoms with van der Waals surface area (Å²) in [5, 5.41) is 2.69. The molecule has 0 fully saturated rings. The molecule has 0 aliphatic heterocycles. The normalized spacial score (nSPS) is 10.8. The molecule has 3 rings (SSSR count). The van der Waals surface area contributed by atoms with Crippen LogP contribution >= 0.6 is 11.6 Å². The van der Waals surface area contributed by atoms with Gasteiger partial charge in [-0.15, -0.1) is 11.6 Å². The number of nitrogens with one attached hydrogen (secondary N) is 1. The standard InChI is InChI=1S/C16H13ClN2O2/c1-10-4-2-3-5-12(10)16-19-13-8-11(18-15(20)9-17)6-7-14(13)21-16/h2-8H,9H2,1H3,(H,18,20). The van der Waals surface area contributed by atoms with Gasteiger partial charge in [0.2, 0.25) is 11.8 Å². The van der Waals surface area contributed by atoms with Crippen molar-refractivity contribution in [3.05, 3.63) is 48.0 Å². The lowest BCUT2D eigenvalue weighted by Crippen LogP contribution is -2.12. The Labute approximate surface area is 126 Å². The molecule has 0 radical (unpaired) electrons. The van der Waals surface area contributed by atoms with Crippen LogP contribution in [-0.4, -0.2) is 16.8 Å². The van der Waals surface area contributed by atoms with Gasteiger partial charge in [-0.3, -0.25) is 4.79 Å². The predicted octanol–water partition coefficient (Wildman–Crippen LogP) is 3.98. The van der Waals surface area contributed by atoms with Crippen LogP contribution in [0.15, 0.2) is 46.9 Å². The van der Waals surface area contributed by atoms with E-state index in [0.717, 1.165) is 11.1 Å². The molecule has 0 bridgehead atoms. The van der Waals surface area contributed by atoms with E-state index < -0.39 is 0 Å². The summed E-state index contributed by atoms with van der Waals surface area (Å²) in [5.41, 5.74) is 4.08. The third-order valence-corrected chi connectivity index (χ3v) is 3.41. The smallest absolute Gasteiger partial charge is 0.239 e. The minimum absolute atomic E-state index is 0.0781. The zero-order chi connectivity index (χ0) is 14.8. The van der Waals surface area contributed by atoms with E-state index in [0.29, 0.717) is 22.7 Å². The van der Waals surface area contributed by atoms with Gasteiger partial charge in [0.15, 0.2) is 5.58 Å². The Kier molecular flexibility index (Phi) is 3.62. The number of halogens is 1. The number of hydrogen-bond acceptors (Lipinski definition) is 3. The molecule has 0 saturated carbocycles. The van der Waals surface area contributed by atoms with Gasteiger partial charge in [0, 0.05) is 11.3 Å². The summed E-state index contributed by atoms with van der Waals surface area (Å²) in [5.74, 6) is 0.244. The average Bonchev–Trinajstić information content (AvgIpc) is 2.90. The predicted molar refractivity (Wildman–Crippen MR) is 83.5 cm³/mol. The molecule has 5 heteroatoms. The summed E-state index contributed by atoms with van der Waals surface area (Å²) in [6, 6.07) is 13.2. The highest BCUT2D eigenvalue weighted by Gasteiger charge is 2.11. The van der Waals surface area contributed by atoms with E-state index in [2.05, 4.69) is 10.3 Å². The number of anilines is 1. The van der Waals surface area contributed by atoms with E-state index in [9.17, 15) is 4.79 Å². The summed E-state index contributed by atoms with van der Waals surface area (Å²) < 4.78 is 5.77. The van der Waals surface area contributed by atoms with Crippen LogP contribution in [-0.2, 0) is 4.79 Å². The van der Waals surface area contributed by atoms with Gasteiger partial charge in [0.1, 0.15) is 11.4 Å². The highest BCUT2D eigenvalue weighted by atomic mass is 35.5. The molecule has 1 heterocycles. The van der Waals surface area contributed by atoms with Gasteiger partial charge >= 0.3 is 0 Å². The second kappa shape index (κ2) is 5.58. The Morgan fingerprint density at radius 1 is 1.29 bits per heavy atom. The minimum Gasteiger partial charge on any atom is -0.436 e. The number of rotatable bonds is 3. The van der Waals surface area contributed by atoms with Crippen LogP contribution in [0.5, 0.6) is 0 Å². The van der Waals surface area contributed by atoms with Crippen LogP contribution in [0.25, 0.3) is 22.6 Å². The Bertz CT molecular complexity index is 811. The summed E-state index contributed by atoms with van der Waals surface area (Å²) in [4.78, 5) is 15.8. The molecule has 3 aromatic rings. The summed E-state index contributed by atoms with van der Waals surface area (Å²) in [6.07, 6.45) is 0. The Balaban J connectivity index is 2.01. The molecule has 0 aliphatic carbocycles. The van der Waals surface area contributed by atoms with E-state index in [1.165, 1.54) is 0 Å². The second-order valence-corrected chi connectivity index (χ2v) is 4.97. The topological polar surface area (TPSA) is 55.1 Å². The molecule has 1 aromatic heterocycles. The van der Waals surface area contributed by atoms with Crippen molar-refractivity contribution in [1.29, 1.82) is 0 Å². The first kappa shape index (κ1) is 13.6. The average molecular weight is 301 g/mol. The minimum atomic E-state index is -0.251. The summed E-state index contributed by atoms with van der Waals surface area (Å²) in [6.45, 7) is 2.01. The van der Waals surface area contributed by atoms with Crippen molar-refractivity contribution in [2.24, 2.45) is 0 Å². The van der Waals surface area contributed by atoms with Crippen LogP contribution in [0.3, 0.4) is 0 Å². The number of aryl methyl sites for hydroxylation is 1. The maximum absolute atomic E-state index is 11.3. The van der Waals surface area contributed by atoms with Crippen molar-refractivity contribution in [2.45, 2.75) is 6.92 Å². The molecule has 1 amide bonds. The van der Waals surface area contributed by atoms with Gasteiger partial charge in [0.05, 0.1) is 0 Å². The number of aromatic nitrogens is 1. The van der Waals surface area contributed by atoms with E-state index >= 15 is 0 Å². The molecule has 0 saturated heterocycles. The first-order valence-corrected chi connectivity index (χ1v) is 7.03. The molecule has 0 aliphatic rings. The van der Waals surface area contributed by atoms with Crippen molar-refractivity contribution in [3.8, 4) is 11.5 Å². The molecule has 1 N–H and O–H groups in total. The monoisotopic (exact) mass is 300 g/mol. The van der Waals surface area contributed by atoms with Gasteiger partial charge in [-0.05, 0) is 36.8 Å². The molecule has 0 atom stereocenters. The van der Waals surface area contributed by atoms with Crippen LogP contribution in [0.2, 0.25) is 0 Å².